The summed E-state index contributed by atoms with van der Waals surface area (Å²) >= 11 is 0. The molecule has 172 valence electrons. The molecule has 0 radical (unpaired) electrons. The van der Waals surface area contributed by atoms with E-state index in [-0.39, 0.29) is 5.91 Å². The average Bonchev–Trinajstić information content (AvgIpc) is 3.05. The summed E-state index contributed by atoms with van der Waals surface area (Å²) in [7, 11) is 4.13. The Hall–Kier alpha value is -3.38. The van der Waals surface area contributed by atoms with Gasteiger partial charge in [-0.15, -0.1) is 0 Å². The van der Waals surface area contributed by atoms with Crippen molar-refractivity contribution in [2.24, 2.45) is 0 Å². The molecule has 6 heteroatoms. The van der Waals surface area contributed by atoms with Gasteiger partial charge in [-0.2, -0.15) is 0 Å². The van der Waals surface area contributed by atoms with Crippen molar-refractivity contribution in [2.45, 2.75) is 19.9 Å². The summed E-state index contributed by atoms with van der Waals surface area (Å²) < 4.78 is 0. The van der Waals surface area contributed by atoms with Crippen molar-refractivity contribution in [3.8, 4) is 0 Å². The normalized spacial score (nSPS) is 14.6. The lowest BCUT2D eigenvalue weighted by molar-refractivity contribution is 0.102. The quantitative estimate of drug-likeness (QED) is 0.611. The van der Waals surface area contributed by atoms with E-state index in [1.807, 2.05) is 43.3 Å². The van der Waals surface area contributed by atoms with E-state index in [9.17, 15) is 4.79 Å². The molecule has 1 amide bonds. The van der Waals surface area contributed by atoms with Crippen LogP contribution >= 0.6 is 0 Å². The molecule has 1 aromatic heterocycles. The second kappa shape index (κ2) is 10.5. The van der Waals surface area contributed by atoms with Crippen LogP contribution in [0.4, 0.5) is 17.2 Å². The number of benzene rings is 2. The Balaban J connectivity index is 1.32. The Morgan fingerprint density at radius 2 is 1.82 bits per heavy atom. The van der Waals surface area contributed by atoms with E-state index in [4.69, 9.17) is 0 Å². The molecule has 33 heavy (non-hydrogen) atoms. The maximum atomic E-state index is 12.5. The van der Waals surface area contributed by atoms with Crippen molar-refractivity contribution >= 4 is 23.1 Å². The Bertz CT molecular complexity index is 1060. The number of nitrogens with zero attached hydrogens (tertiary/aromatic N) is 4. The second-order valence-electron chi connectivity index (χ2n) is 8.91. The van der Waals surface area contributed by atoms with Crippen LogP contribution in [0, 0.1) is 6.92 Å². The molecule has 0 aliphatic carbocycles. The lowest BCUT2D eigenvalue weighted by atomic mass is 10.1. The van der Waals surface area contributed by atoms with Crippen molar-refractivity contribution in [3.05, 3.63) is 83.6 Å². The van der Waals surface area contributed by atoms with E-state index in [1.54, 1.807) is 6.20 Å². The van der Waals surface area contributed by atoms with E-state index in [0.29, 0.717) is 11.3 Å². The summed E-state index contributed by atoms with van der Waals surface area (Å²) in [6.45, 7) is 6.96. The number of hydrogen-bond donors (Lipinski definition) is 1. The first kappa shape index (κ1) is 22.8. The number of carbonyl (C=O) groups is 1. The molecule has 0 spiro atoms. The second-order valence-corrected chi connectivity index (χ2v) is 8.91. The number of nitrogens with one attached hydrogen (secondary N) is 1. The third-order valence-electron chi connectivity index (χ3n) is 6.06. The molecule has 0 unspecified atom stereocenters. The zero-order valence-corrected chi connectivity index (χ0v) is 19.8. The number of anilines is 3. The SMILES string of the molecule is Cc1cccc(C(=O)Nc2ccc(N3CCCN(Cc4ccc(N(C)C)cc4)CC3)nc2)c1. The van der Waals surface area contributed by atoms with Crippen LogP contribution in [0.3, 0.4) is 0 Å². The molecular weight excluding hydrogens is 410 g/mol. The topological polar surface area (TPSA) is 51.7 Å². The molecule has 0 atom stereocenters. The maximum Gasteiger partial charge on any atom is 0.255 e. The zero-order chi connectivity index (χ0) is 23.2. The van der Waals surface area contributed by atoms with Gasteiger partial charge in [0.2, 0.25) is 0 Å². The van der Waals surface area contributed by atoms with Crippen molar-refractivity contribution in [2.75, 3.05) is 55.4 Å². The minimum absolute atomic E-state index is 0.114. The fraction of sp³-hybridized carbons (Fsp3) is 0.333. The summed E-state index contributed by atoms with van der Waals surface area (Å²) in [5, 5.41) is 2.94. The minimum atomic E-state index is -0.114. The Morgan fingerprint density at radius 3 is 2.52 bits per heavy atom. The molecule has 4 rings (SSSR count). The van der Waals surface area contributed by atoms with Crippen LogP contribution in [0.5, 0.6) is 0 Å². The van der Waals surface area contributed by atoms with Gasteiger partial charge in [-0.1, -0.05) is 29.8 Å². The van der Waals surface area contributed by atoms with Crippen LogP contribution in [0.1, 0.15) is 27.9 Å². The van der Waals surface area contributed by atoms with Gasteiger partial charge in [0.1, 0.15) is 5.82 Å². The fourth-order valence-electron chi connectivity index (χ4n) is 4.15. The smallest absolute Gasteiger partial charge is 0.255 e. The number of aryl methyl sites for hydroxylation is 1. The molecule has 1 fully saturated rings. The van der Waals surface area contributed by atoms with E-state index < -0.39 is 0 Å². The Morgan fingerprint density at radius 1 is 1.00 bits per heavy atom. The molecule has 2 aromatic carbocycles. The first-order valence-corrected chi connectivity index (χ1v) is 11.6. The molecular formula is C27H33N5O. The van der Waals surface area contributed by atoms with E-state index in [0.717, 1.165) is 50.5 Å². The molecule has 1 saturated heterocycles. The van der Waals surface area contributed by atoms with Gasteiger partial charge in [0.05, 0.1) is 11.9 Å². The summed E-state index contributed by atoms with van der Waals surface area (Å²) in [5.41, 5.74) is 5.01. The summed E-state index contributed by atoms with van der Waals surface area (Å²) in [6, 6.07) is 20.3. The van der Waals surface area contributed by atoms with Gasteiger partial charge in [0.25, 0.3) is 5.91 Å². The molecule has 0 bridgehead atoms. The van der Waals surface area contributed by atoms with Gasteiger partial charge >= 0.3 is 0 Å². The highest BCUT2D eigenvalue weighted by Crippen LogP contribution is 2.19. The zero-order valence-electron chi connectivity index (χ0n) is 19.8. The third kappa shape index (κ3) is 6.11. The third-order valence-corrected chi connectivity index (χ3v) is 6.06. The van der Waals surface area contributed by atoms with Crippen molar-refractivity contribution in [3.63, 3.8) is 0 Å². The van der Waals surface area contributed by atoms with Crippen LogP contribution in [0.15, 0.2) is 66.9 Å². The number of carbonyl (C=O) groups excluding carboxylic acids is 1. The maximum absolute atomic E-state index is 12.5. The highest BCUT2D eigenvalue weighted by atomic mass is 16.1. The first-order valence-electron chi connectivity index (χ1n) is 11.6. The largest absolute Gasteiger partial charge is 0.378 e. The molecule has 1 aliphatic rings. The number of pyridine rings is 1. The molecule has 0 saturated carbocycles. The lowest BCUT2D eigenvalue weighted by Gasteiger charge is -2.23. The van der Waals surface area contributed by atoms with Crippen LogP contribution < -0.4 is 15.1 Å². The number of hydrogen-bond acceptors (Lipinski definition) is 5. The molecule has 6 nitrogen and oxygen atoms in total. The van der Waals surface area contributed by atoms with Crippen LogP contribution in [0.2, 0.25) is 0 Å². The molecule has 1 aliphatic heterocycles. The van der Waals surface area contributed by atoms with Gasteiger partial charge in [-0.05, 0) is 55.3 Å². The Labute approximate surface area is 196 Å². The predicted octanol–water partition coefficient (Wildman–Crippen LogP) is 4.42. The van der Waals surface area contributed by atoms with E-state index >= 15 is 0 Å². The van der Waals surface area contributed by atoms with Crippen molar-refractivity contribution in [1.29, 1.82) is 0 Å². The van der Waals surface area contributed by atoms with Crippen LogP contribution in [0.25, 0.3) is 0 Å². The number of rotatable bonds is 6. The minimum Gasteiger partial charge on any atom is -0.378 e. The van der Waals surface area contributed by atoms with Crippen molar-refractivity contribution in [1.82, 2.24) is 9.88 Å². The average molecular weight is 444 g/mol. The summed E-state index contributed by atoms with van der Waals surface area (Å²) in [6.07, 6.45) is 2.85. The van der Waals surface area contributed by atoms with Gasteiger partial charge in [-0.25, -0.2) is 4.98 Å². The van der Waals surface area contributed by atoms with Gasteiger partial charge in [0, 0.05) is 58.1 Å². The van der Waals surface area contributed by atoms with Crippen molar-refractivity contribution < 1.29 is 4.79 Å². The molecule has 3 aromatic rings. The monoisotopic (exact) mass is 443 g/mol. The standard InChI is InChI=1S/C27H33N5O/c1-21-6-4-7-23(18-21)27(33)29-24-10-13-26(28-19-24)32-15-5-14-31(16-17-32)20-22-8-11-25(12-9-22)30(2)3/h4,6-13,18-19H,5,14-17,20H2,1-3H3,(H,29,33). The number of amides is 1. The predicted molar refractivity (Wildman–Crippen MR) is 136 cm³/mol. The lowest BCUT2D eigenvalue weighted by Crippen LogP contribution is -2.31. The number of aromatic nitrogens is 1. The Kier molecular flexibility index (Phi) is 7.25. The summed E-state index contributed by atoms with van der Waals surface area (Å²) in [4.78, 5) is 24.1. The van der Waals surface area contributed by atoms with Crippen LogP contribution in [-0.2, 0) is 6.54 Å². The van der Waals surface area contributed by atoms with E-state index in [1.165, 1.54) is 11.3 Å². The van der Waals surface area contributed by atoms with Gasteiger partial charge < -0.3 is 15.1 Å². The highest BCUT2D eigenvalue weighted by molar-refractivity contribution is 6.04. The van der Waals surface area contributed by atoms with Crippen LogP contribution in [-0.4, -0.2) is 56.1 Å². The van der Waals surface area contributed by atoms with Gasteiger partial charge in [-0.3, -0.25) is 9.69 Å². The summed E-state index contributed by atoms with van der Waals surface area (Å²) in [5.74, 6) is 0.845. The highest BCUT2D eigenvalue weighted by Gasteiger charge is 2.16. The fourth-order valence-corrected chi connectivity index (χ4v) is 4.15. The van der Waals surface area contributed by atoms with Gasteiger partial charge in [0.15, 0.2) is 0 Å². The molecule has 1 N–H and O–H groups in total. The molecule has 2 heterocycles. The first-order chi connectivity index (χ1) is 16.0. The van der Waals surface area contributed by atoms with E-state index in [2.05, 4.69) is 63.4 Å².